The van der Waals surface area contributed by atoms with E-state index in [2.05, 4.69) is 10.3 Å². The van der Waals surface area contributed by atoms with Gasteiger partial charge >= 0.3 is 0 Å². The van der Waals surface area contributed by atoms with Crippen molar-refractivity contribution in [3.63, 3.8) is 0 Å². The van der Waals surface area contributed by atoms with Gasteiger partial charge in [-0.25, -0.2) is 4.68 Å². The second kappa shape index (κ2) is 6.99. The standard InChI is InChI=1S/C15H20N4O2/c1-12(2)19(14-6-4-3-5-7-14)15(21)11-18-10-13(8-9-20)16-17-18/h3-7,10,12,20H,8-9,11H2,1-2H3. The van der Waals surface area contributed by atoms with Crippen molar-refractivity contribution in [3.05, 3.63) is 42.2 Å². The molecule has 0 spiro atoms. The molecule has 21 heavy (non-hydrogen) atoms. The number of aromatic nitrogens is 3. The first-order valence-corrected chi connectivity index (χ1v) is 6.98. The van der Waals surface area contributed by atoms with Crippen LogP contribution in [0.2, 0.25) is 0 Å². The number of aliphatic hydroxyl groups excluding tert-OH is 1. The van der Waals surface area contributed by atoms with Crippen molar-refractivity contribution in [2.45, 2.75) is 32.9 Å². The van der Waals surface area contributed by atoms with Gasteiger partial charge in [0, 0.05) is 31.0 Å². The molecule has 0 saturated heterocycles. The zero-order chi connectivity index (χ0) is 15.2. The lowest BCUT2D eigenvalue weighted by molar-refractivity contribution is -0.119. The first-order chi connectivity index (χ1) is 10.1. The summed E-state index contributed by atoms with van der Waals surface area (Å²) in [6.07, 6.45) is 2.14. The number of para-hydroxylation sites is 1. The summed E-state index contributed by atoms with van der Waals surface area (Å²) in [5.74, 6) is -0.0448. The molecule has 1 aromatic heterocycles. The van der Waals surface area contributed by atoms with Crippen molar-refractivity contribution in [2.75, 3.05) is 11.5 Å². The van der Waals surface area contributed by atoms with Crippen molar-refractivity contribution in [2.24, 2.45) is 0 Å². The molecule has 0 saturated carbocycles. The maximum Gasteiger partial charge on any atom is 0.249 e. The molecule has 1 N–H and O–H groups in total. The van der Waals surface area contributed by atoms with E-state index < -0.39 is 0 Å². The smallest absolute Gasteiger partial charge is 0.249 e. The van der Waals surface area contributed by atoms with Gasteiger partial charge in [0.2, 0.25) is 5.91 Å². The van der Waals surface area contributed by atoms with Crippen LogP contribution >= 0.6 is 0 Å². The van der Waals surface area contributed by atoms with Crippen LogP contribution in [-0.4, -0.2) is 38.7 Å². The fourth-order valence-electron chi connectivity index (χ4n) is 2.18. The predicted octanol–water partition coefficient (Wildman–Crippen LogP) is 1.25. The molecule has 1 heterocycles. The number of nitrogens with zero attached hydrogens (tertiary/aromatic N) is 4. The van der Waals surface area contributed by atoms with Crippen LogP contribution in [0, 0.1) is 0 Å². The molecule has 112 valence electrons. The quantitative estimate of drug-likeness (QED) is 0.868. The van der Waals surface area contributed by atoms with Crippen LogP contribution in [0.25, 0.3) is 0 Å². The molecule has 0 atom stereocenters. The lowest BCUT2D eigenvalue weighted by Crippen LogP contribution is -2.39. The predicted molar refractivity (Wildman–Crippen MR) is 79.9 cm³/mol. The van der Waals surface area contributed by atoms with Crippen LogP contribution < -0.4 is 4.90 Å². The highest BCUT2D eigenvalue weighted by atomic mass is 16.3. The van der Waals surface area contributed by atoms with Crippen LogP contribution in [0.5, 0.6) is 0 Å². The highest BCUT2D eigenvalue weighted by Gasteiger charge is 2.19. The van der Waals surface area contributed by atoms with E-state index in [1.807, 2.05) is 44.2 Å². The van der Waals surface area contributed by atoms with Gasteiger partial charge in [0.1, 0.15) is 6.54 Å². The van der Waals surface area contributed by atoms with E-state index in [9.17, 15) is 4.79 Å². The van der Waals surface area contributed by atoms with Gasteiger partial charge in [-0.2, -0.15) is 0 Å². The summed E-state index contributed by atoms with van der Waals surface area (Å²) in [6.45, 7) is 4.10. The highest BCUT2D eigenvalue weighted by Crippen LogP contribution is 2.17. The second-order valence-electron chi connectivity index (χ2n) is 5.07. The summed E-state index contributed by atoms with van der Waals surface area (Å²) in [5, 5.41) is 16.7. The van der Waals surface area contributed by atoms with E-state index in [1.165, 1.54) is 4.68 Å². The van der Waals surface area contributed by atoms with Crippen molar-refractivity contribution in [1.82, 2.24) is 15.0 Å². The molecular weight excluding hydrogens is 268 g/mol. The lowest BCUT2D eigenvalue weighted by Gasteiger charge is -2.26. The van der Waals surface area contributed by atoms with Gasteiger partial charge in [0.05, 0.1) is 5.69 Å². The largest absolute Gasteiger partial charge is 0.396 e. The van der Waals surface area contributed by atoms with Gasteiger partial charge in [0.25, 0.3) is 0 Å². The van der Waals surface area contributed by atoms with Gasteiger partial charge in [0.15, 0.2) is 0 Å². The van der Waals surface area contributed by atoms with Crippen molar-refractivity contribution in [1.29, 1.82) is 0 Å². The van der Waals surface area contributed by atoms with E-state index in [0.29, 0.717) is 12.1 Å². The average molecular weight is 288 g/mol. The number of amides is 1. The second-order valence-corrected chi connectivity index (χ2v) is 5.07. The molecule has 0 radical (unpaired) electrons. The molecule has 0 fully saturated rings. The normalized spacial score (nSPS) is 10.9. The summed E-state index contributed by atoms with van der Waals surface area (Å²) >= 11 is 0. The Morgan fingerprint density at radius 2 is 2.05 bits per heavy atom. The maximum atomic E-state index is 12.5. The van der Waals surface area contributed by atoms with Gasteiger partial charge in [-0.15, -0.1) is 5.10 Å². The zero-order valence-corrected chi connectivity index (χ0v) is 12.3. The number of rotatable bonds is 6. The molecule has 1 aromatic carbocycles. The Labute approximate surface area is 124 Å². The Morgan fingerprint density at radius 3 is 2.67 bits per heavy atom. The van der Waals surface area contributed by atoms with Gasteiger partial charge in [-0.3, -0.25) is 4.79 Å². The molecular formula is C15H20N4O2. The molecule has 2 rings (SSSR count). The third kappa shape index (κ3) is 3.88. The zero-order valence-electron chi connectivity index (χ0n) is 12.3. The number of benzene rings is 1. The number of carbonyl (C=O) groups is 1. The monoisotopic (exact) mass is 288 g/mol. The van der Waals surface area contributed by atoms with Gasteiger partial charge in [-0.05, 0) is 26.0 Å². The van der Waals surface area contributed by atoms with E-state index >= 15 is 0 Å². The third-order valence-corrected chi connectivity index (χ3v) is 3.07. The Bertz CT molecular complexity index is 580. The van der Waals surface area contributed by atoms with Gasteiger partial charge < -0.3 is 10.0 Å². The summed E-state index contributed by atoms with van der Waals surface area (Å²) in [6, 6.07) is 9.62. The van der Waals surface area contributed by atoms with Crippen LogP contribution in [0.4, 0.5) is 5.69 Å². The molecule has 0 aliphatic carbocycles. The van der Waals surface area contributed by atoms with E-state index in [0.717, 1.165) is 5.69 Å². The van der Waals surface area contributed by atoms with E-state index in [1.54, 1.807) is 11.1 Å². The van der Waals surface area contributed by atoms with Gasteiger partial charge in [-0.1, -0.05) is 23.4 Å². The molecule has 0 aliphatic rings. The average Bonchev–Trinajstić information content (AvgIpc) is 2.87. The molecule has 1 amide bonds. The first kappa shape index (κ1) is 15.2. The van der Waals surface area contributed by atoms with Crippen molar-refractivity contribution in [3.8, 4) is 0 Å². The van der Waals surface area contributed by atoms with Crippen LogP contribution in [0.1, 0.15) is 19.5 Å². The topological polar surface area (TPSA) is 71.2 Å². The van der Waals surface area contributed by atoms with E-state index in [4.69, 9.17) is 5.11 Å². The Morgan fingerprint density at radius 1 is 1.33 bits per heavy atom. The Kier molecular flexibility index (Phi) is 5.05. The fraction of sp³-hybridized carbons (Fsp3) is 0.400. The molecule has 0 bridgehead atoms. The fourth-order valence-corrected chi connectivity index (χ4v) is 2.18. The molecule has 2 aromatic rings. The molecule has 0 aliphatic heterocycles. The number of hydrogen-bond donors (Lipinski definition) is 1. The number of hydrogen-bond acceptors (Lipinski definition) is 4. The minimum Gasteiger partial charge on any atom is -0.396 e. The summed E-state index contributed by atoms with van der Waals surface area (Å²) < 4.78 is 1.51. The van der Waals surface area contributed by atoms with Crippen molar-refractivity contribution < 1.29 is 9.90 Å². The number of anilines is 1. The third-order valence-electron chi connectivity index (χ3n) is 3.07. The SMILES string of the molecule is CC(C)N(C(=O)Cn1cc(CCO)nn1)c1ccccc1. The van der Waals surface area contributed by atoms with E-state index in [-0.39, 0.29) is 25.1 Å². The van der Waals surface area contributed by atoms with Crippen molar-refractivity contribution >= 4 is 11.6 Å². The number of carbonyl (C=O) groups excluding carboxylic acids is 1. The Balaban J connectivity index is 2.12. The molecule has 6 heteroatoms. The van der Waals surface area contributed by atoms with Crippen LogP contribution in [-0.2, 0) is 17.8 Å². The Hall–Kier alpha value is -2.21. The summed E-state index contributed by atoms with van der Waals surface area (Å²) in [5.41, 5.74) is 1.55. The highest BCUT2D eigenvalue weighted by molar-refractivity contribution is 5.93. The first-order valence-electron chi connectivity index (χ1n) is 6.98. The molecule has 0 unspecified atom stereocenters. The summed E-state index contributed by atoms with van der Waals surface area (Å²) in [7, 11) is 0. The maximum absolute atomic E-state index is 12.5. The molecule has 6 nitrogen and oxygen atoms in total. The van der Waals surface area contributed by atoms with Crippen LogP contribution in [0.15, 0.2) is 36.5 Å². The minimum atomic E-state index is -0.0448. The minimum absolute atomic E-state index is 0.0226. The van der Waals surface area contributed by atoms with Crippen LogP contribution in [0.3, 0.4) is 0 Å². The summed E-state index contributed by atoms with van der Waals surface area (Å²) in [4.78, 5) is 14.3. The lowest BCUT2D eigenvalue weighted by atomic mass is 10.2. The number of aliphatic hydroxyl groups is 1.